The second kappa shape index (κ2) is 9.40. The summed E-state index contributed by atoms with van der Waals surface area (Å²) in [6.45, 7) is 6.41. The van der Waals surface area contributed by atoms with Crippen molar-refractivity contribution in [2.75, 3.05) is 33.2 Å². The highest BCUT2D eigenvalue weighted by molar-refractivity contribution is 7.18. The van der Waals surface area contributed by atoms with E-state index >= 15 is 0 Å². The number of aromatic nitrogens is 4. The van der Waals surface area contributed by atoms with Gasteiger partial charge in [0.05, 0.1) is 20.8 Å². The van der Waals surface area contributed by atoms with Crippen molar-refractivity contribution < 1.29 is 13.2 Å². The first-order chi connectivity index (χ1) is 16.7. The van der Waals surface area contributed by atoms with E-state index in [1.54, 1.807) is 6.07 Å². The molecule has 1 aliphatic heterocycles. The van der Waals surface area contributed by atoms with Crippen LogP contribution in [0, 0.1) is 6.92 Å². The Morgan fingerprint density at radius 1 is 1.14 bits per heavy atom. The number of nitrogens with zero attached hydrogens (tertiary/aromatic N) is 4. The van der Waals surface area contributed by atoms with Gasteiger partial charge in [-0.15, -0.1) is 11.3 Å². The van der Waals surface area contributed by atoms with Gasteiger partial charge in [-0.2, -0.15) is 18.3 Å². The summed E-state index contributed by atoms with van der Waals surface area (Å²) in [5.74, 6) is 1.27. The van der Waals surface area contributed by atoms with E-state index in [-0.39, 0.29) is 0 Å². The number of alkyl halides is 3. The molecule has 3 aromatic heterocycles. The van der Waals surface area contributed by atoms with Crippen LogP contribution in [-0.4, -0.2) is 57.9 Å². The van der Waals surface area contributed by atoms with Crippen molar-refractivity contribution in [3.05, 3.63) is 47.2 Å². The van der Waals surface area contributed by atoms with Crippen LogP contribution >= 0.6 is 11.3 Å². The number of nitrogens with one attached hydrogen (secondary N) is 2. The van der Waals surface area contributed by atoms with Crippen LogP contribution in [0.3, 0.4) is 0 Å². The van der Waals surface area contributed by atoms with Crippen LogP contribution in [0.1, 0.15) is 35.6 Å². The van der Waals surface area contributed by atoms with E-state index in [2.05, 4.69) is 39.4 Å². The molecule has 0 unspecified atom stereocenters. The van der Waals surface area contributed by atoms with Crippen LogP contribution in [0.15, 0.2) is 30.3 Å². The van der Waals surface area contributed by atoms with Crippen molar-refractivity contribution in [3.8, 4) is 21.3 Å². The third-order valence-electron chi connectivity index (χ3n) is 6.80. The Morgan fingerprint density at radius 3 is 2.57 bits per heavy atom. The van der Waals surface area contributed by atoms with Crippen LogP contribution in [0.2, 0.25) is 0 Å². The molecule has 1 fully saturated rings. The fourth-order valence-electron chi connectivity index (χ4n) is 4.89. The molecule has 6 nitrogen and oxygen atoms in total. The van der Waals surface area contributed by atoms with Crippen LogP contribution in [0.25, 0.3) is 32.3 Å². The lowest BCUT2D eigenvalue weighted by atomic mass is 9.88. The Labute approximate surface area is 206 Å². The molecule has 10 heteroatoms. The number of hydrogen-bond donors (Lipinski definition) is 2. The minimum absolute atomic E-state index is 0.312. The highest BCUT2D eigenvalue weighted by Crippen LogP contribution is 2.38. The topological polar surface area (TPSA) is 61.8 Å². The second-order valence-corrected chi connectivity index (χ2v) is 10.3. The highest BCUT2D eigenvalue weighted by Gasteiger charge is 2.35. The van der Waals surface area contributed by atoms with Gasteiger partial charge in [0.15, 0.2) is 0 Å². The number of thiophene rings is 1. The van der Waals surface area contributed by atoms with Crippen LogP contribution in [0.4, 0.5) is 13.2 Å². The number of hydrogen-bond acceptors (Lipinski definition) is 5. The van der Waals surface area contributed by atoms with Gasteiger partial charge in [0.2, 0.25) is 0 Å². The van der Waals surface area contributed by atoms with Gasteiger partial charge < -0.3 is 15.2 Å². The lowest BCUT2D eigenvalue weighted by Gasteiger charge is -2.32. The second-order valence-electron chi connectivity index (χ2n) is 9.24. The number of fused-ring (bicyclic) bond motifs is 1. The lowest BCUT2D eigenvalue weighted by Crippen LogP contribution is -2.37. The monoisotopic (exact) mass is 502 g/mol. The van der Waals surface area contributed by atoms with E-state index in [1.165, 1.54) is 23.9 Å². The molecule has 0 radical (unpaired) electrons. The summed E-state index contributed by atoms with van der Waals surface area (Å²) in [7, 11) is 3.30. The van der Waals surface area contributed by atoms with Gasteiger partial charge in [0.1, 0.15) is 17.2 Å². The van der Waals surface area contributed by atoms with Gasteiger partial charge in [0, 0.05) is 20.1 Å². The number of H-pyrrole nitrogens is 1. The van der Waals surface area contributed by atoms with Gasteiger partial charge in [-0.1, -0.05) is 6.07 Å². The fourth-order valence-corrected chi connectivity index (χ4v) is 5.79. The predicted molar refractivity (Wildman–Crippen MR) is 134 cm³/mol. The zero-order valence-electron chi connectivity index (χ0n) is 20.0. The summed E-state index contributed by atoms with van der Waals surface area (Å²) in [5, 5.41) is 7.29. The van der Waals surface area contributed by atoms with Crippen molar-refractivity contribution in [1.29, 1.82) is 0 Å². The summed E-state index contributed by atoms with van der Waals surface area (Å²) in [6, 6.07) is 9.25. The van der Waals surface area contributed by atoms with Crippen LogP contribution in [-0.2, 0) is 13.2 Å². The molecule has 1 aromatic carbocycles. The summed E-state index contributed by atoms with van der Waals surface area (Å²) in [6.07, 6.45) is -2.14. The molecule has 0 amide bonds. The molecule has 186 valence electrons. The average Bonchev–Trinajstić information content (AvgIpc) is 3.55. The third kappa shape index (κ3) is 4.87. The predicted octanol–water partition coefficient (Wildman–Crippen LogP) is 5.42. The number of halogens is 3. The molecule has 0 saturated carbocycles. The molecule has 0 bridgehead atoms. The molecule has 1 saturated heterocycles. The van der Waals surface area contributed by atoms with E-state index < -0.39 is 11.9 Å². The van der Waals surface area contributed by atoms with Crippen molar-refractivity contribution >= 4 is 22.4 Å². The average molecular weight is 503 g/mol. The number of benzene rings is 1. The maximum atomic E-state index is 13.2. The lowest BCUT2D eigenvalue weighted by molar-refractivity contribution is -0.143. The Kier molecular flexibility index (Phi) is 6.45. The molecule has 0 aliphatic carbocycles. The Balaban J connectivity index is 1.37. The number of likely N-dealkylation sites (N-methyl/N-ethyl adjacent to an activating group) is 1. The first-order valence-corrected chi connectivity index (χ1v) is 12.6. The molecule has 1 aliphatic rings. The Morgan fingerprint density at radius 2 is 1.89 bits per heavy atom. The van der Waals surface area contributed by atoms with E-state index in [9.17, 15) is 13.2 Å². The van der Waals surface area contributed by atoms with Crippen molar-refractivity contribution in [2.45, 2.75) is 31.9 Å². The number of aromatic amines is 1. The minimum atomic E-state index is -4.43. The van der Waals surface area contributed by atoms with Crippen LogP contribution in [0.5, 0.6) is 0 Å². The van der Waals surface area contributed by atoms with Gasteiger partial charge in [-0.25, -0.2) is 4.98 Å². The van der Waals surface area contributed by atoms with E-state index in [1.807, 2.05) is 13.1 Å². The molecule has 0 spiro atoms. The minimum Gasteiger partial charge on any atom is -0.337 e. The smallest absolute Gasteiger partial charge is 0.337 e. The Hall–Kier alpha value is -2.69. The van der Waals surface area contributed by atoms with Gasteiger partial charge >= 0.3 is 6.18 Å². The first-order valence-electron chi connectivity index (χ1n) is 11.8. The largest absolute Gasteiger partial charge is 0.433 e. The molecule has 4 heterocycles. The SMILES string of the molecule is CNCCN1CCC(c2cc(C)c3nc(-c4ccc(-c5cc(C(F)(F)F)n(C)n5)s4)[nH]c3c2)CC1. The third-order valence-corrected chi connectivity index (χ3v) is 7.91. The number of likely N-dealkylation sites (tertiary alicyclic amines) is 1. The van der Waals surface area contributed by atoms with Crippen molar-refractivity contribution in [2.24, 2.45) is 7.05 Å². The molecule has 2 N–H and O–H groups in total. The van der Waals surface area contributed by atoms with Crippen molar-refractivity contribution in [1.82, 2.24) is 30.0 Å². The number of piperidine rings is 1. The normalized spacial score (nSPS) is 15.9. The number of aryl methyl sites for hydroxylation is 2. The van der Waals surface area contributed by atoms with E-state index in [0.717, 1.165) is 77.1 Å². The summed E-state index contributed by atoms with van der Waals surface area (Å²) in [5.41, 5.74) is 3.96. The van der Waals surface area contributed by atoms with Gasteiger partial charge in [-0.3, -0.25) is 4.68 Å². The fraction of sp³-hybridized carbons (Fsp3) is 0.440. The molecular weight excluding hydrogens is 473 g/mol. The summed E-state index contributed by atoms with van der Waals surface area (Å²) in [4.78, 5) is 12.3. The zero-order valence-corrected chi connectivity index (χ0v) is 20.9. The Bertz CT molecular complexity index is 1330. The van der Waals surface area contributed by atoms with Crippen LogP contribution < -0.4 is 5.32 Å². The molecule has 4 aromatic rings. The maximum absolute atomic E-state index is 13.2. The molecule has 5 rings (SSSR count). The number of rotatable bonds is 6. The number of imidazole rings is 1. The standard InChI is InChI=1S/C25H29F3N6S/c1-15-12-17(16-6-9-34(10-7-16)11-8-29-2)13-19-23(15)31-24(30-19)21-5-4-20(35-21)18-14-22(25(26,27)28)33(3)32-18/h4-5,12-14,16,29H,6-11H2,1-3H3,(H,30,31). The van der Waals surface area contributed by atoms with Gasteiger partial charge in [-0.05, 0) is 81.2 Å². The quantitative estimate of drug-likeness (QED) is 0.370. The van der Waals surface area contributed by atoms with E-state index in [4.69, 9.17) is 4.98 Å². The summed E-state index contributed by atoms with van der Waals surface area (Å²) >= 11 is 1.38. The zero-order chi connectivity index (χ0) is 24.7. The maximum Gasteiger partial charge on any atom is 0.433 e. The molecule has 35 heavy (non-hydrogen) atoms. The van der Waals surface area contributed by atoms with Crippen molar-refractivity contribution in [3.63, 3.8) is 0 Å². The summed E-state index contributed by atoms with van der Waals surface area (Å²) < 4.78 is 40.4. The first kappa shape index (κ1) is 24.0. The molecule has 0 atom stereocenters. The highest BCUT2D eigenvalue weighted by atomic mass is 32.1. The molecular formula is C25H29F3N6S. The van der Waals surface area contributed by atoms with Gasteiger partial charge in [0.25, 0.3) is 0 Å². The van der Waals surface area contributed by atoms with E-state index in [0.29, 0.717) is 16.5 Å².